The highest BCUT2D eigenvalue weighted by Crippen LogP contribution is 2.25. The van der Waals surface area contributed by atoms with Crippen LogP contribution in [0, 0.1) is 6.92 Å². The number of thiophene rings is 1. The summed E-state index contributed by atoms with van der Waals surface area (Å²) in [4.78, 5) is 29.4. The summed E-state index contributed by atoms with van der Waals surface area (Å²) in [6, 6.07) is 10.0. The van der Waals surface area contributed by atoms with Crippen LogP contribution in [0.15, 0.2) is 41.1 Å². The van der Waals surface area contributed by atoms with Gasteiger partial charge in [0.15, 0.2) is 11.2 Å². The average Bonchev–Trinajstić information content (AvgIpc) is 3.30. The monoisotopic (exact) mass is 400 g/mol. The van der Waals surface area contributed by atoms with Gasteiger partial charge in [0, 0.05) is 10.9 Å². The molecule has 3 aromatic rings. The first-order valence-corrected chi connectivity index (χ1v) is 10.3. The van der Waals surface area contributed by atoms with Crippen molar-refractivity contribution in [1.82, 2.24) is 4.98 Å². The summed E-state index contributed by atoms with van der Waals surface area (Å²) in [6.45, 7) is 5.50. The maximum atomic E-state index is 12.3. The Morgan fingerprint density at radius 2 is 1.93 bits per heavy atom. The SMILES string of the molecule is CCc1ccc(-c2csc(NC(=O)[C@@H](C)OC(=O)c3sccc3C)n2)cc1. The van der Waals surface area contributed by atoms with Crippen molar-refractivity contribution >= 4 is 39.7 Å². The molecule has 1 aromatic carbocycles. The third-order valence-electron chi connectivity index (χ3n) is 4.09. The van der Waals surface area contributed by atoms with E-state index in [1.807, 2.05) is 35.9 Å². The number of aromatic nitrogens is 1. The second-order valence-corrected chi connectivity index (χ2v) is 7.83. The van der Waals surface area contributed by atoms with E-state index in [4.69, 9.17) is 4.74 Å². The Bertz CT molecular complexity index is 944. The zero-order chi connectivity index (χ0) is 19.4. The van der Waals surface area contributed by atoms with Crippen LogP contribution in [0.2, 0.25) is 0 Å². The van der Waals surface area contributed by atoms with Gasteiger partial charge in [-0.25, -0.2) is 9.78 Å². The van der Waals surface area contributed by atoms with E-state index in [1.165, 1.54) is 28.2 Å². The van der Waals surface area contributed by atoms with Gasteiger partial charge in [0.1, 0.15) is 4.88 Å². The van der Waals surface area contributed by atoms with E-state index in [0.717, 1.165) is 23.2 Å². The lowest BCUT2D eigenvalue weighted by molar-refractivity contribution is -0.123. The van der Waals surface area contributed by atoms with Gasteiger partial charge in [-0.15, -0.1) is 22.7 Å². The zero-order valence-electron chi connectivity index (χ0n) is 15.3. The third kappa shape index (κ3) is 4.61. The smallest absolute Gasteiger partial charge is 0.349 e. The number of nitrogens with zero attached hydrogens (tertiary/aromatic N) is 1. The zero-order valence-corrected chi connectivity index (χ0v) is 16.9. The Morgan fingerprint density at radius 3 is 2.56 bits per heavy atom. The van der Waals surface area contributed by atoms with Gasteiger partial charge in [-0.1, -0.05) is 31.2 Å². The van der Waals surface area contributed by atoms with Crippen molar-refractivity contribution < 1.29 is 14.3 Å². The van der Waals surface area contributed by atoms with Gasteiger partial charge in [0.25, 0.3) is 5.91 Å². The number of esters is 1. The van der Waals surface area contributed by atoms with Gasteiger partial charge < -0.3 is 4.74 Å². The number of anilines is 1. The Balaban J connectivity index is 1.61. The first-order chi connectivity index (χ1) is 13.0. The summed E-state index contributed by atoms with van der Waals surface area (Å²) in [7, 11) is 0. The minimum absolute atomic E-state index is 0.403. The number of nitrogens with one attached hydrogen (secondary N) is 1. The third-order valence-corrected chi connectivity index (χ3v) is 5.85. The van der Waals surface area contributed by atoms with Crippen molar-refractivity contribution in [2.45, 2.75) is 33.3 Å². The standard InChI is InChI=1S/C20H20N2O3S2/c1-4-14-5-7-15(8-6-14)16-11-27-20(21-16)22-18(23)13(3)25-19(24)17-12(2)9-10-26-17/h5-11,13H,4H2,1-3H3,(H,21,22,23)/t13-/m1/s1. The highest BCUT2D eigenvalue weighted by Gasteiger charge is 2.21. The fourth-order valence-electron chi connectivity index (χ4n) is 2.43. The van der Waals surface area contributed by atoms with Crippen LogP contribution >= 0.6 is 22.7 Å². The molecule has 0 aliphatic heterocycles. The molecule has 2 heterocycles. The van der Waals surface area contributed by atoms with E-state index in [0.29, 0.717) is 10.0 Å². The molecule has 140 valence electrons. The fraction of sp³-hybridized carbons (Fsp3) is 0.250. The molecule has 3 rings (SSSR count). The molecular formula is C20H20N2O3S2. The summed E-state index contributed by atoms with van der Waals surface area (Å²) < 4.78 is 5.26. The van der Waals surface area contributed by atoms with Gasteiger partial charge in [-0.2, -0.15) is 0 Å². The summed E-state index contributed by atoms with van der Waals surface area (Å²) >= 11 is 2.64. The Labute approximate surface area is 166 Å². The first-order valence-electron chi connectivity index (χ1n) is 8.58. The number of carbonyl (C=O) groups excluding carboxylic acids is 2. The predicted molar refractivity (Wildman–Crippen MR) is 109 cm³/mol. The normalized spacial score (nSPS) is 11.8. The molecule has 0 saturated heterocycles. The number of benzene rings is 1. The molecule has 1 amide bonds. The molecular weight excluding hydrogens is 380 g/mol. The van der Waals surface area contributed by atoms with Crippen LogP contribution in [-0.4, -0.2) is 23.0 Å². The van der Waals surface area contributed by atoms with Crippen LogP contribution in [-0.2, 0) is 16.0 Å². The molecule has 7 heteroatoms. The van der Waals surface area contributed by atoms with Crippen molar-refractivity contribution in [2.24, 2.45) is 0 Å². The van der Waals surface area contributed by atoms with Crippen molar-refractivity contribution in [2.75, 3.05) is 5.32 Å². The second-order valence-electron chi connectivity index (χ2n) is 6.06. The number of hydrogen-bond acceptors (Lipinski definition) is 6. The molecule has 0 spiro atoms. The summed E-state index contributed by atoms with van der Waals surface area (Å²) in [6.07, 6.45) is 0.0791. The topological polar surface area (TPSA) is 68.3 Å². The second kappa shape index (κ2) is 8.45. The molecule has 5 nitrogen and oxygen atoms in total. The molecule has 0 bridgehead atoms. The van der Waals surface area contributed by atoms with E-state index in [-0.39, 0.29) is 0 Å². The molecule has 0 radical (unpaired) electrons. The Morgan fingerprint density at radius 1 is 1.19 bits per heavy atom. The summed E-state index contributed by atoms with van der Waals surface area (Å²) in [5.41, 5.74) is 3.91. The Kier molecular flexibility index (Phi) is 6.03. The van der Waals surface area contributed by atoms with Crippen molar-refractivity contribution in [3.8, 4) is 11.3 Å². The van der Waals surface area contributed by atoms with Gasteiger partial charge >= 0.3 is 5.97 Å². The quantitative estimate of drug-likeness (QED) is 0.596. The van der Waals surface area contributed by atoms with Gasteiger partial charge in [-0.05, 0) is 42.8 Å². The molecule has 1 atom stereocenters. The molecule has 27 heavy (non-hydrogen) atoms. The van der Waals surface area contributed by atoms with E-state index in [9.17, 15) is 9.59 Å². The average molecular weight is 401 g/mol. The van der Waals surface area contributed by atoms with Crippen molar-refractivity contribution in [1.29, 1.82) is 0 Å². The molecule has 0 saturated carbocycles. The van der Waals surface area contributed by atoms with Gasteiger partial charge in [-0.3, -0.25) is 10.1 Å². The molecule has 0 aliphatic rings. The number of aryl methyl sites for hydroxylation is 2. The van der Waals surface area contributed by atoms with Crippen molar-refractivity contribution in [3.05, 3.63) is 57.1 Å². The number of thiazole rings is 1. The lowest BCUT2D eigenvalue weighted by atomic mass is 10.1. The minimum Gasteiger partial charge on any atom is -0.448 e. The van der Waals surface area contributed by atoms with Crippen LogP contribution in [0.25, 0.3) is 11.3 Å². The van der Waals surface area contributed by atoms with Crippen LogP contribution in [0.3, 0.4) is 0 Å². The number of hydrogen-bond donors (Lipinski definition) is 1. The molecule has 1 N–H and O–H groups in total. The lowest BCUT2D eigenvalue weighted by Crippen LogP contribution is -2.29. The highest BCUT2D eigenvalue weighted by molar-refractivity contribution is 7.14. The Hall–Kier alpha value is -2.51. The minimum atomic E-state index is -0.907. The number of carbonyl (C=O) groups is 2. The summed E-state index contributed by atoms with van der Waals surface area (Å²) in [5, 5.41) is 6.90. The number of amides is 1. The van der Waals surface area contributed by atoms with E-state index >= 15 is 0 Å². The molecule has 0 unspecified atom stereocenters. The largest absolute Gasteiger partial charge is 0.448 e. The first kappa shape index (κ1) is 19.3. The van der Waals surface area contributed by atoms with E-state index < -0.39 is 18.0 Å². The maximum absolute atomic E-state index is 12.3. The van der Waals surface area contributed by atoms with Crippen molar-refractivity contribution in [3.63, 3.8) is 0 Å². The number of ether oxygens (including phenoxy) is 1. The summed E-state index contributed by atoms with van der Waals surface area (Å²) in [5.74, 6) is -0.888. The highest BCUT2D eigenvalue weighted by atomic mass is 32.1. The van der Waals surface area contributed by atoms with E-state index in [1.54, 1.807) is 6.92 Å². The molecule has 2 aromatic heterocycles. The van der Waals surface area contributed by atoms with Crippen LogP contribution in [0.5, 0.6) is 0 Å². The van der Waals surface area contributed by atoms with Gasteiger partial charge in [0.05, 0.1) is 5.69 Å². The van der Waals surface area contributed by atoms with Crippen LogP contribution in [0.4, 0.5) is 5.13 Å². The lowest BCUT2D eigenvalue weighted by Gasteiger charge is -2.12. The van der Waals surface area contributed by atoms with E-state index in [2.05, 4.69) is 29.4 Å². The fourth-order valence-corrected chi connectivity index (χ4v) is 3.96. The maximum Gasteiger partial charge on any atom is 0.349 e. The van der Waals surface area contributed by atoms with Gasteiger partial charge in [0.2, 0.25) is 0 Å². The van der Waals surface area contributed by atoms with Crippen LogP contribution in [0.1, 0.15) is 34.6 Å². The van der Waals surface area contributed by atoms with Crippen LogP contribution < -0.4 is 5.32 Å². The predicted octanol–water partition coefficient (Wildman–Crippen LogP) is 4.93. The molecule has 0 aliphatic carbocycles. The molecule has 0 fully saturated rings. The number of rotatable bonds is 6.